The van der Waals surface area contributed by atoms with Crippen LogP contribution in [-0.4, -0.2) is 11.9 Å². The molecule has 0 saturated carbocycles. The summed E-state index contributed by atoms with van der Waals surface area (Å²) in [5, 5.41) is 0. The summed E-state index contributed by atoms with van der Waals surface area (Å²) in [6.07, 6.45) is 2.12. The number of nitrogen functional groups attached to an aromatic ring is 1. The van der Waals surface area contributed by atoms with Crippen LogP contribution in [0.25, 0.3) is 0 Å². The Kier molecular flexibility index (Phi) is 5.09. The highest BCUT2D eigenvalue weighted by Gasteiger charge is 2.29. The summed E-state index contributed by atoms with van der Waals surface area (Å²) >= 11 is 0. The lowest BCUT2D eigenvalue weighted by atomic mass is 10.1. The van der Waals surface area contributed by atoms with Gasteiger partial charge in [-0.2, -0.15) is 0 Å². The minimum absolute atomic E-state index is 0. The number of benzene rings is 2. The van der Waals surface area contributed by atoms with Gasteiger partial charge in [0.15, 0.2) is 0 Å². The topological polar surface area (TPSA) is 46.3 Å². The number of carbonyl (C=O) groups is 1. The van der Waals surface area contributed by atoms with E-state index in [9.17, 15) is 4.79 Å². The zero-order valence-electron chi connectivity index (χ0n) is 12.7. The molecule has 3 rings (SSSR count). The van der Waals surface area contributed by atoms with Crippen LogP contribution in [0.4, 0.5) is 11.4 Å². The van der Waals surface area contributed by atoms with Crippen LogP contribution in [-0.2, 0) is 17.6 Å². The maximum atomic E-state index is 12.6. The Morgan fingerprint density at radius 3 is 2.64 bits per heavy atom. The molecule has 0 saturated heterocycles. The molecule has 1 aliphatic heterocycles. The Labute approximate surface area is 137 Å². The Morgan fingerprint density at radius 2 is 1.86 bits per heavy atom. The number of amides is 1. The minimum Gasteiger partial charge on any atom is -0.399 e. The summed E-state index contributed by atoms with van der Waals surface area (Å²) in [5.41, 5.74) is 10.1. The number of nitrogens with zero attached hydrogens (tertiary/aromatic N) is 1. The predicted octanol–water partition coefficient (Wildman–Crippen LogP) is 3.60. The average molecular weight is 317 g/mol. The molecule has 1 amide bonds. The van der Waals surface area contributed by atoms with E-state index in [1.54, 1.807) is 0 Å². The van der Waals surface area contributed by atoms with Crippen molar-refractivity contribution in [2.75, 3.05) is 10.6 Å². The summed E-state index contributed by atoms with van der Waals surface area (Å²) in [5.74, 6) is 0.177. The number of fused-ring (bicyclic) bond motifs is 1. The Balaban J connectivity index is 0.00000176. The third-order valence-electron chi connectivity index (χ3n) is 4.14. The van der Waals surface area contributed by atoms with Gasteiger partial charge in [-0.15, -0.1) is 12.4 Å². The highest BCUT2D eigenvalue weighted by molar-refractivity contribution is 5.96. The number of para-hydroxylation sites is 2. The van der Waals surface area contributed by atoms with Crippen molar-refractivity contribution in [3.63, 3.8) is 0 Å². The molecule has 2 aromatic rings. The molecule has 0 radical (unpaired) electrons. The van der Waals surface area contributed by atoms with E-state index < -0.39 is 0 Å². The van der Waals surface area contributed by atoms with Crippen LogP contribution in [0.15, 0.2) is 48.5 Å². The molecule has 2 N–H and O–H groups in total. The first-order chi connectivity index (χ1) is 10.2. The minimum atomic E-state index is 0. The normalized spacial score (nSPS) is 16.0. The number of hydrogen-bond donors (Lipinski definition) is 1. The van der Waals surface area contributed by atoms with Crippen LogP contribution in [0.2, 0.25) is 0 Å². The van der Waals surface area contributed by atoms with E-state index in [1.807, 2.05) is 47.4 Å². The lowest BCUT2D eigenvalue weighted by Gasteiger charge is -2.23. The maximum absolute atomic E-state index is 12.6. The predicted molar refractivity (Wildman–Crippen MR) is 93.5 cm³/mol. The number of halogens is 1. The SMILES string of the molecule is CC1Cc2ccccc2N1C(=O)CCc1ccccc1N.Cl. The second-order valence-electron chi connectivity index (χ2n) is 5.64. The molecule has 4 heteroatoms. The number of hydrogen-bond acceptors (Lipinski definition) is 2. The molecule has 0 spiro atoms. The molecule has 0 fully saturated rings. The van der Waals surface area contributed by atoms with E-state index in [1.165, 1.54) is 5.56 Å². The fourth-order valence-corrected chi connectivity index (χ4v) is 3.07. The summed E-state index contributed by atoms with van der Waals surface area (Å²) in [4.78, 5) is 14.5. The highest BCUT2D eigenvalue weighted by atomic mass is 35.5. The molecule has 1 aliphatic rings. The van der Waals surface area contributed by atoms with Gasteiger partial charge in [0.25, 0.3) is 0 Å². The summed E-state index contributed by atoms with van der Waals surface area (Å²) in [7, 11) is 0. The molecule has 22 heavy (non-hydrogen) atoms. The third kappa shape index (κ3) is 3.09. The van der Waals surface area contributed by atoms with Crippen LogP contribution in [0.1, 0.15) is 24.5 Å². The number of rotatable bonds is 3. The molecule has 2 aromatic carbocycles. The molecule has 3 nitrogen and oxygen atoms in total. The van der Waals surface area contributed by atoms with Crippen LogP contribution >= 0.6 is 12.4 Å². The Hall–Kier alpha value is -2.00. The monoisotopic (exact) mass is 316 g/mol. The summed E-state index contributed by atoms with van der Waals surface area (Å²) in [6, 6.07) is 16.2. The second kappa shape index (κ2) is 6.84. The summed E-state index contributed by atoms with van der Waals surface area (Å²) in [6.45, 7) is 2.11. The van der Waals surface area contributed by atoms with E-state index in [0.717, 1.165) is 23.4 Å². The van der Waals surface area contributed by atoms with Crippen molar-refractivity contribution in [3.05, 3.63) is 59.7 Å². The zero-order valence-corrected chi connectivity index (χ0v) is 13.5. The largest absolute Gasteiger partial charge is 0.399 e. The van der Waals surface area contributed by atoms with Gasteiger partial charge >= 0.3 is 0 Å². The molecule has 0 bridgehead atoms. The Bertz CT molecular complexity index is 672. The first kappa shape index (κ1) is 16.4. The van der Waals surface area contributed by atoms with Crippen LogP contribution in [0.3, 0.4) is 0 Å². The first-order valence-corrected chi connectivity index (χ1v) is 7.40. The molecular weight excluding hydrogens is 296 g/mol. The molecular formula is C18H21ClN2O. The maximum Gasteiger partial charge on any atom is 0.227 e. The van der Waals surface area contributed by atoms with E-state index in [-0.39, 0.29) is 24.4 Å². The van der Waals surface area contributed by atoms with Crippen LogP contribution in [0, 0.1) is 0 Å². The lowest BCUT2D eigenvalue weighted by Crippen LogP contribution is -2.35. The van der Waals surface area contributed by atoms with Crippen molar-refractivity contribution in [3.8, 4) is 0 Å². The zero-order chi connectivity index (χ0) is 14.8. The molecule has 0 aliphatic carbocycles. The van der Waals surface area contributed by atoms with Gasteiger partial charge in [-0.05, 0) is 43.0 Å². The van der Waals surface area contributed by atoms with Gasteiger partial charge in [0.05, 0.1) is 0 Å². The molecule has 1 atom stereocenters. The summed E-state index contributed by atoms with van der Waals surface area (Å²) < 4.78 is 0. The van der Waals surface area contributed by atoms with Crippen molar-refractivity contribution in [1.29, 1.82) is 0 Å². The number of nitrogens with two attached hydrogens (primary N) is 1. The number of carbonyl (C=O) groups excluding carboxylic acids is 1. The van der Waals surface area contributed by atoms with Crippen molar-refractivity contribution in [2.24, 2.45) is 0 Å². The smallest absolute Gasteiger partial charge is 0.227 e. The van der Waals surface area contributed by atoms with E-state index >= 15 is 0 Å². The van der Waals surface area contributed by atoms with Crippen molar-refractivity contribution >= 4 is 29.7 Å². The first-order valence-electron chi connectivity index (χ1n) is 7.40. The highest BCUT2D eigenvalue weighted by Crippen LogP contribution is 2.32. The van der Waals surface area contributed by atoms with Crippen molar-refractivity contribution in [1.82, 2.24) is 0 Å². The van der Waals surface area contributed by atoms with Crippen molar-refractivity contribution in [2.45, 2.75) is 32.2 Å². The van der Waals surface area contributed by atoms with Crippen molar-refractivity contribution < 1.29 is 4.79 Å². The third-order valence-corrected chi connectivity index (χ3v) is 4.14. The fourth-order valence-electron chi connectivity index (χ4n) is 3.07. The molecule has 1 unspecified atom stereocenters. The second-order valence-corrected chi connectivity index (χ2v) is 5.64. The lowest BCUT2D eigenvalue weighted by molar-refractivity contribution is -0.118. The van der Waals surface area contributed by atoms with Gasteiger partial charge in [-0.3, -0.25) is 4.79 Å². The van der Waals surface area contributed by atoms with Gasteiger partial charge < -0.3 is 10.6 Å². The van der Waals surface area contributed by atoms with Crippen LogP contribution < -0.4 is 10.6 Å². The fraction of sp³-hybridized carbons (Fsp3) is 0.278. The van der Waals surface area contributed by atoms with Gasteiger partial charge in [-0.25, -0.2) is 0 Å². The molecule has 1 heterocycles. The molecule has 0 aromatic heterocycles. The van der Waals surface area contributed by atoms with Gasteiger partial charge in [0.2, 0.25) is 5.91 Å². The molecule has 116 valence electrons. The number of aryl methyl sites for hydroxylation is 1. The average Bonchev–Trinajstić information content (AvgIpc) is 2.82. The van der Waals surface area contributed by atoms with E-state index in [2.05, 4.69) is 13.0 Å². The quantitative estimate of drug-likeness (QED) is 0.879. The van der Waals surface area contributed by atoms with E-state index in [4.69, 9.17) is 5.73 Å². The van der Waals surface area contributed by atoms with Crippen LogP contribution in [0.5, 0.6) is 0 Å². The standard InChI is InChI=1S/C18H20N2O.ClH/c1-13-12-15-7-3-5-9-17(15)20(13)18(21)11-10-14-6-2-4-8-16(14)19;/h2-9,13H,10-12,19H2,1H3;1H. The Morgan fingerprint density at radius 1 is 1.18 bits per heavy atom. The van der Waals surface area contributed by atoms with Gasteiger partial charge in [-0.1, -0.05) is 36.4 Å². The van der Waals surface area contributed by atoms with Gasteiger partial charge in [0, 0.05) is 23.8 Å². The van der Waals surface area contributed by atoms with Gasteiger partial charge in [0.1, 0.15) is 0 Å². The number of anilines is 2. The van der Waals surface area contributed by atoms with E-state index in [0.29, 0.717) is 12.8 Å².